The van der Waals surface area contributed by atoms with Crippen molar-refractivity contribution in [1.29, 1.82) is 0 Å². The SMILES string of the molecule is C[C@@H](C(=O)NCCn1nc(-c2cccs2)ccc1=O)n1nc(-c2ccccc2)ccc1=O. The van der Waals surface area contributed by atoms with Crippen LogP contribution in [0.4, 0.5) is 0 Å². The standard InChI is InChI=1S/C23H21N5O3S/c1-16(28-22(30)12-9-18(26-28)17-6-3-2-4-7-17)23(31)24-13-14-27-21(29)11-10-19(25-27)20-8-5-15-32-20/h2-12,15-16H,13-14H2,1H3,(H,24,31)/t16-/m0/s1. The van der Waals surface area contributed by atoms with Crippen LogP contribution in [-0.2, 0) is 11.3 Å². The van der Waals surface area contributed by atoms with E-state index in [2.05, 4.69) is 15.5 Å². The van der Waals surface area contributed by atoms with Crippen LogP contribution >= 0.6 is 11.3 Å². The quantitative estimate of drug-likeness (QED) is 0.470. The molecule has 1 atom stereocenters. The summed E-state index contributed by atoms with van der Waals surface area (Å²) in [6.07, 6.45) is 0. The molecule has 162 valence electrons. The summed E-state index contributed by atoms with van der Waals surface area (Å²) in [4.78, 5) is 38.0. The zero-order valence-electron chi connectivity index (χ0n) is 17.3. The summed E-state index contributed by atoms with van der Waals surface area (Å²) in [6, 6.07) is 18.6. The van der Waals surface area contributed by atoms with E-state index in [1.807, 2.05) is 47.8 Å². The number of benzene rings is 1. The molecule has 0 aliphatic heterocycles. The molecule has 0 saturated carbocycles. The molecule has 8 nitrogen and oxygen atoms in total. The van der Waals surface area contributed by atoms with Crippen LogP contribution in [0.25, 0.3) is 21.8 Å². The van der Waals surface area contributed by atoms with E-state index in [1.54, 1.807) is 19.1 Å². The van der Waals surface area contributed by atoms with E-state index in [0.29, 0.717) is 11.4 Å². The lowest BCUT2D eigenvalue weighted by atomic mass is 10.1. The molecular formula is C23H21N5O3S. The summed E-state index contributed by atoms with van der Waals surface area (Å²) >= 11 is 1.53. The molecule has 3 heterocycles. The Bertz CT molecular complexity index is 1330. The Hall–Kier alpha value is -3.85. The summed E-state index contributed by atoms with van der Waals surface area (Å²) in [5.41, 5.74) is 1.54. The molecule has 0 radical (unpaired) electrons. The summed E-state index contributed by atoms with van der Waals surface area (Å²) in [6.45, 7) is 2.01. The second-order valence-corrected chi connectivity index (χ2v) is 8.04. The molecule has 1 aromatic carbocycles. The van der Waals surface area contributed by atoms with Gasteiger partial charge in [-0.2, -0.15) is 10.2 Å². The van der Waals surface area contributed by atoms with Gasteiger partial charge in [-0.15, -0.1) is 11.3 Å². The van der Waals surface area contributed by atoms with Crippen molar-refractivity contribution in [3.8, 4) is 21.8 Å². The van der Waals surface area contributed by atoms with E-state index in [9.17, 15) is 14.4 Å². The van der Waals surface area contributed by atoms with Crippen LogP contribution < -0.4 is 16.4 Å². The Kier molecular flexibility index (Phi) is 6.37. The van der Waals surface area contributed by atoms with Crippen LogP contribution in [0, 0.1) is 0 Å². The third kappa shape index (κ3) is 4.73. The predicted octanol–water partition coefficient (Wildman–Crippen LogP) is 2.57. The number of rotatable bonds is 7. The molecule has 3 aromatic heterocycles. The first-order valence-electron chi connectivity index (χ1n) is 10.1. The van der Waals surface area contributed by atoms with E-state index in [-0.39, 0.29) is 30.1 Å². The van der Waals surface area contributed by atoms with Gasteiger partial charge in [0.1, 0.15) is 11.7 Å². The topological polar surface area (TPSA) is 98.9 Å². The van der Waals surface area contributed by atoms with Crippen molar-refractivity contribution < 1.29 is 4.79 Å². The Morgan fingerprint density at radius 1 is 0.938 bits per heavy atom. The fraction of sp³-hybridized carbons (Fsp3) is 0.174. The highest BCUT2D eigenvalue weighted by Gasteiger charge is 2.18. The predicted molar refractivity (Wildman–Crippen MR) is 123 cm³/mol. The Balaban J connectivity index is 1.44. The zero-order chi connectivity index (χ0) is 22.5. The second-order valence-electron chi connectivity index (χ2n) is 7.09. The highest BCUT2D eigenvalue weighted by Crippen LogP contribution is 2.21. The maximum Gasteiger partial charge on any atom is 0.267 e. The Morgan fingerprint density at radius 2 is 1.69 bits per heavy atom. The van der Waals surface area contributed by atoms with Crippen molar-refractivity contribution >= 4 is 17.2 Å². The minimum absolute atomic E-state index is 0.192. The zero-order valence-corrected chi connectivity index (χ0v) is 18.2. The molecule has 0 spiro atoms. The highest BCUT2D eigenvalue weighted by atomic mass is 32.1. The van der Waals surface area contributed by atoms with Crippen LogP contribution in [0.3, 0.4) is 0 Å². The van der Waals surface area contributed by atoms with Crippen molar-refractivity contribution in [2.75, 3.05) is 6.54 Å². The van der Waals surface area contributed by atoms with Gasteiger partial charge in [0.15, 0.2) is 0 Å². The van der Waals surface area contributed by atoms with Gasteiger partial charge in [0.2, 0.25) is 5.91 Å². The molecule has 0 unspecified atom stereocenters. The molecular weight excluding hydrogens is 426 g/mol. The summed E-state index contributed by atoms with van der Waals surface area (Å²) in [5.74, 6) is -0.368. The number of carbonyl (C=O) groups is 1. The molecule has 0 fully saturated rings. The van der Waals surface area contributed by atoms with E-state index in [1.165, 1.54) is 32.8 Å². The Morgan fingerprint density at radius 3 is 2.44 bits per heavy atom. The van der Waals surface area contributed by atoms with E-state index < -0.39 is 6.04 Å². The molecule has 4 rings (SSSR count). The van der Waals surface area contributed by atoms with Gasteiger partial charge in [-0.25, -0.2) is 9.36 Å². The van der Waals surface area contributed by atoms with E-state index in [4.69, 9.17) is 0 Å². The first-order chi connectivity index (χ1) is 15.5. The van der Waals surface area contributed by atoms with Crippen LogP contribution in [0.15, 0.2) is 81.7 Å². The fourth-order valence-corrected chi connectivity index (χ4v) is 3.86. The average Bonchev–Trinajstić information content (AvgIpc) is 3.36. The van der Waals surface area contributed by atoms with Gasteiger partial charge in [0, 0.05) is 24.2 Å². The molecule has 4 aromatic rings. The number of thiophene rings is 1. The normalized spacial score (nSPS) is 11.8. The van der Waals surface area contributed by atoms with Gasteiger partial charge in [0.25, 0.3) is 11.1 Å². The lowest BCUT2D eigenvalue weighted by molar-refractivity contribution is -0.124. The van der Waals surface area contributed by atoms with Crippen molar-refractivity contribution in [3.05, 3.63) is 92.8 Å². The highest BCUT2D eigenvalue weighted by molar-refractivity contribution is 7.13. The second kappa shape index (κ2) is 9.52. The van der Waals surface area contributed by atoms with Crippen LogP contribution in [-0.4, -0.2) is 32.0 Å². The summed E-state index contributed by atoms with van der Waals surface area (Å²) in [7, 11) is 0. The maximum atomic E-state index is 12.7. The smallest absolute Gasteiger partial charge is 0.267 e. The van der Waals surface area contributed by atoms with Gasteiger partial charge < -0.3 is 5.32 Å². The minimum Gasteiger partial charge on any atom is -0.352 e. The van der Waals surface area contributed by atoms with Crippen LogP contribution in [0.2, 0.25) is 0 Å². The third-order valence-corrected chi connectivity index (χ3v) is 5.80. The van der Waals surface area contributed by atoms with Crippen LogP contribution in [0.1, 0.15) is 13.0 Å². The monoisotopic (exact) mass is 447 g/mol. The molecule has 32 heavy (non-hydrogen) atoms. The molecule has 1 amide bonds. The Labute approximate surface area is 187 Å². The first-order valence-corrected chi connectivity index (χ1v) is 11.0. The average molecular weight is 448 g/mol. The molecule has 9 heteroatoms. The minimum atomic E-state index is -0.812. The lowest BCUT2D eigenvalue weighted by Crippen LogP contribution is -2.39. The first kappa shape index (κ1) is 21.4. The lowest BCUT2D eigenvalue weighted by Gasteiger charge is -2.15. The molecule has 1 N–H and O–H groups in total. The van der Waals surface area contributed by atoms with Crippen molar-refractivity contribution in [2.24, 2.45) is 0 Å². The van der Waals surface area contributed by atoms with Crippen molar-refractivity contribution in [1.82, 2.24) is 24.9 Å². The van der Waals surface area contributed by atoms with Gasteiger partial charge >= 0.3 is 0 Å². The molecule has 0 saturated heterocycles. The molecule has 0 aliphatic carbocycles. The van der Waals surface area contributed by atoms with Gasteiger partial charge in [-0.3, -0.25) is 14.4 Å². The van der Waals surface area contributed by atoms with Crippen molar-refractivity contribution in [2.45, 2.75) is 19.5 Å². The number of hydrogen-bond donors (Lipinski definition) is 1. The number of aromatic nitrogens is 4. The number of hydrogen-bond acceptors (Lipinski definition) is 6. The largest absolute Gasteiger partial charge is 0.352 e. The number of nitrogens with zero attached hydrogens (tertiary/aromatic N) is 4. The maximum absolute atomic E-state index is 12.7. The number of nitrogens with one attached hydrogen (secondary N) is 1. The van der Waals surface area contributed by atoms with Crippen molar-refractivity contribution in [3.63, 3.8) is 0 Å². The molecule has 0 bridgehead atoms. The third-order valence-electron chi connectivity index (χ3n) is 4.90. The van der Waals surface area contributed by atoms with E-state index in [0.717, 1.165) is 10.4 Å². The summed E-state index contributed by atoms with van der Waals surface area (Å²) < 4.78 is 2.49. The molecule has 0 aliphatic rings. The van der Waals surface area contributed by atoms with Gasteiger partial charge in [-0.05, 0) is 30.5 Å². The fourth-order valence-electron chi connectivity index (χ4n) is 3.17. The van der Waals surface area contributed by atoms with Gasteiger partial charge in [0.05, 0.1) is 17.1 Å². The van der Waals surface area contributed by atoms with Crippen LogP contribution in [0.5, 0.6) is 0 Å². The number of amides is 1. The van der Waals surface area contributed by atoms with E-state index >= 15 is 0 Å². The van der Waals surface area contributed by atoms with Gasteiger partial charge in [-0.1, -0.05) is 36.4 Å². The number of carbonyl (C=O) groups excluding carboxylic acids is 1. The summed E-state index contributed by atoms with van der Waals surface area (Å²) in [5, 5.41) is 13.4.